The van der Waals surface area contributed by atoms with Crippen LogP contribution in [0.25, 0.3) is 22.4 Å². The molecule has 5 nitrogen and oxygen atoms in total. The smallest absolute Gasteiger partial charge is 0.223 e. The highest BCUT2D eigenvalue weighted by Crippen LogP contribution is 2.30. The summed E-state index contributed by atoms with van der Waals surface area (Å²) in [6, 6.07) is 20.2. The first-order chi connectivity index (χ1) is 14.7. The van der Waals surface area contributed by atoms with E-state index in [-0.39, 0.29) is 11.9 Å². The molecule has 0 aliphatic rings. The van der Waals surface area contributed by atoms with Gasteiger partial charge in [-0.3, -0.25) is 4.98 Å². The third kappa shape index (κ3) is 4.85. The molecule has 0 bridgehead atoms. The summed E-state index contributed by atoms with van der Waals surface area (Å²) in [7, 11) is 0. The Morgan fingerprint density at radius 1 is 0.933 bits per heavy atom. The minimum atomic E-state index is -0.303. The lowest BCUT2D eigenvalue weighted by atomic mass is 10.0. The number of benzene rings is 2. The molecule has 0 saturated carbocycles. The first-order valence-electron chi connectivity index (χ1n) is 9.76. The van der Waals surface area contributed by atoms with Crippen molar-refractivity contribution in [2.24, 2.45) is 5.73 Å². The SMILES string of the molecule is NC(CNc1ncc(-c2cccc(F)c2)c(-c2ccncc2)n1)Cc1ccccc1. The number of hydrogen-bond acceptors (Lipinski definition) is 5. The fraction of sp³-hybridized carbons (Fsp3) is 0.125. The van der Waals surface area contributed by atoms with Gasteiger partial charge in [0.25, 0.3) is 0 Å². The molecule has 1 atom stereocenters. The number of nitrogens with one attached hydrogen (secondary N) is 1. The molecule has 0 spiro atoms. The second-order valence-electron chi connectivity index (χ2n) is 7.03. The third-order valence-corrected chi connectivity index (χ3v) is 4.74. The van der Waals surface area contributed by atoms with E-state index in [1.165, 1.54) is 17.7 Å². The van der Waals surface area contributed by atoms with Crippen molar-refractivity contribution in [3.8, 4) is 22.4 Å². The van der Waals surface area contributed by atoms with Crippen molar-refractivity contribution in [1.29, 1.82) is 0 Å². The molecule has 0 radical (unpaired) electrons. The van der Waals surface area contributed by atoms with Crippen LogP contribution in [0, 0.1) is 5.82 Å². The first kappa shape index (κ1) is 19.7. The van der Waals surface area contributed by atoms with Gasteiger partial charge in [0.1, 0.15) is 5.82 Å². The van der Waals surface area contributed by atoms with Gasteiger partial charge in [0.15, 0.2) is 0 Å². The minimum Gasteiger partial charge on any atom is -0.353 e. The molecule has 0 aliphatic heterocycles. The Morgan fingerprint density at radius 2 is 1.73 bits per heavy atom. The zero-order valence-corrected chi connectivity index (χ0v) is 16.4. The van der Waals surface area contributed by atoms with Crippen molar-refractivity contribution in [2.75, 3.05) is 11.9 Å². The Balaban J connectivity index is 1.58. The maximum atomic E-state index is 13.8. The number of nitrogens with zero attached hydrogens (tertiary/aromatic N) is 3. The second-order valence-corrected chi connectivity index (χ2v) is 7.03. The summed E-state index contributed by atoms with van der Waals surface area (Å²) < 4.78 is 13.8. The monoisotopic (exact) mass is 399 g/mol. The second kappa shape index (κ2) is 9.24. The number of halogens is 1. The lowest BCUT2D eigenvalue weighted by Gasteiger charge is -2.15. The summed E-state index contributed by atoms with van der Waals surface area (Å²) >= 11 is 0. The van der Waals surface area contributed by atoms with Gasteiger partial charge in [-0.05, 0) is 41.8 Å². The number of aromatic nitrogens is 3. The molecule has 4 rings (SSSR count). The standard InChI is InChI=1S/C24H22FN5/c25-20-8-4-7-19(14-20)22-16-29-24(30-23(22)18-9-11-27-12-10-18)28-15-21(26)13-17-5-2-1-3-6-17/h1-12,14,16,21H,13,15,26H2,(H,28,29,30). The van der Waals surface area contributed by atoms with E-state index >= 15 is 0 Å². The molecule has 2 heterocycles. The summed E-state index contributed by atoms with van der Waals surface area (Å²) in [4.78, 5) is 13.2. The van der Waals surface area contributed by atoms with E-state index in [2.05, 4.69) is 27.4 Å². The number of rotatable bonds is 7. The molecule has 0 saturated heterocycles. The van der Waals surface area contributed by atoms with Crippen LogP contribution in [0.15, 0.2) is 85.3 Å². The van der Waals surface area contributed by atoms with Gasteiger partial charge in [-0.2, -0.15) is 0 Å². The van der Waals surface area contributed by atoms with Gasteiger partial charge in [-0.25, -0.2) is 14.4 Å². The summed E-state index contributed by atoms with van der Waals surface area (Å²) in [6.45, 7) is 0.532. The Bertz CT molecular complexity index is 1100. The summed E-state index contributed by atoms with van der Waals surface area (Å²) in [5.74, 6) is 0.174. The molecule has 3 N–H and O–H groups in total. The quantitative estimate of drug-likeness (QED) is 0.484. The molecule has 2 aromatic heterocycles. The van der Waals surface area contributed by atoms with Crippen molar-refractivity contribution in [3.63, 3.8) is 0 Å². The van der Waals surface area contributed by atoms with Crippen molar-refractivity contribution >= 4 is 5.95 Å². The maximum Gasteiger partial charge on any atom is 0.223 e. The van der Waals surface area contributed by atoms with E-state index in [0.717, 1.165) is 17.5 Å². The molecular weight excluding hydrogens is 377 g/mol. The van der Waals surface area contributed by atoms with Crippen molar-refractivity contribution in [3.05, 3.63) is 96.7 Å². The van der Waals surface area contributed by atoms with Gasteiger partial charge in [-0.1, -0.05) is 42.5 Å². The van der Waals surface area contributed by atoms with Gasteiger partial charge in [-0.15, -0.1) is 0 Å². The molecule has 0 aliphatic carbocycles. The highest BCUT2D eigenvalue weighted by molar-refractivity contribution is 5.80. The predicted molar refractivity (Wildman–Crippen MR) is 117 cm³/mol. The molecule has 4 aromatic rings. The summed E-state index contributed by atoms with van der Waals surface area (Å²) in [6.07, 6.45) is 5.88. The molecule has 0 amide bonds. The molecule has 1 unspecified atom stereocenters. The van der Waals surface area contributed by atoms with E-state index in [0.29, 0.717) is 23.8 Å². The normalized spacial score (nSPS) is 11.8. The van der Waals surface area contributed by atoms with E-state index in [4.69, 9.17) is 10.7 Å². The molecule has 6 heteroatoms. The number of hydrogen-bond donors (Lipinski definition) is 2. The highest BCUT2D eigenvalue weighted by atomic mass is 19.1. The van der Waals surface area contributed by atoms with Crippen LogP contribution >= 0.6 is 0 Å². The van der Waals surface area contributed by atoms with Gasteiger partial charge < -0.3 is 11.1 Å². The van der Waals surface area contributed by atoms with Gasteiger partial charge in [0.2, 0.25) is 5.95 Å². The molecule has 2 aromatic carbocycles. The number of nitrogens with two attached hydrogens (primary N) is 1. The lowest BCUT2D eigenvalue weighted by molar-refractivity contribution is 0.628. The van der Waals surface area contributed by atoms with Crippen LogP contribution in [-0.2, 0) is 6.42 Å². The Kier molecular flexibility index (Phi) is 6.06. The van der Waals surface area contributed by atoms with Gasteiger partial charge in [0, 0.05) is 42.3 Å². The zero-order valence-electron chi connectivity index (χ0n) is 16.4. The van der Waals surface area contributed by atoms with Crippen LogP contribution in [-0.4, -0.2) is 27.5 Å². The lowest BCUT2D eigenvalue weighted by Crippen LogP contribution is -2.31. The van der Waals surface area contributed by atoms with Crippen LogP contribution < -0.4 is 11.1 Å². The van der Waals surface area contributed by atoms with Crippen molar-refractivity contribution < 1.29 is 4.39 Å². The van der Waals surface area contributed by atoms with Gasteiger partial charge >= 0.3 is 0 Å². The van der Waals surface area contributed by atoms with E-state index in [1.54, 1.807) is 24.7 Å². The number of anilines is 1. The Morgan fingerprint density at radius 3 is 2.50 bits per heavy atom. The predicted octanol–water partition coefficient (Wildman–Crippen LogP) is 4.33. The topological polar surface area (TPSA) is 76.7 Å². The van der Waals surface area contributed by atoms with E-state index in [1.807, 2.05) is 36.4 Å². The zero-order chi connectivity index (χ0) is 20.8. The summed E-state index contributed by atoms with van der Waals surface area (Å²) in [5.41, 5.74) is 10.5. The van der Waals surface area contributed by atoms with Crippen LogP contribution in [0.2, 0.25) is 0 Å². The maximum absolute atomic E-state index is 13.8. The fourth-order valence-corrected chi connectivity index (χ4v) is 3.28. The van der Waals surface area contributed by atoms with Gasteiger partial charge in [0.05, 0.1) is 5.69 Å². The third-order valence-electron chi connectivity index (χ3n) is 4.74. The minimum absolute atomic E-state index is 0.0803. The van der Waals surface area contributed by atoms with Crippen LogP contribution in [0.1, 0.15) is 5.56 Å². The molecular formula is C24H22FN5. The van der Waals surface area contributed by atoms with Crippen LogP contribution in [0.3, 0.4) is 0 Å². The highest BCUT2D eigenvalue weighted by Gasteiger charge is 2.13. The van der Waals surface area contributed by atoms with Crippen LogP contribution in [0.5, 0.6) is 0 Å². The van der Waals surface area contributed by atoms with Crippen LogP contribution in [0.4, 0.5) is 10.3 Å². The molecule has 0 fully saturated rings. The number of pyridine rings is 1. The average molecular weight is 399 g/mol. The molecule has 30 heavy (non-hydrogen) atoms. The van der Waals surface area contributed by atoms with E-state index in [9.17, 15) is 4.39 Å². The Hall–Kier alpha value is -3.64. The first-order valence-corrected chi connectivity index (χ1v) is 9.76. The largest absolute Gasteiger partial charge is 0.353 e. The Labute approximate surface area is 174 Å². The average Bonchev–Trinajstić information content (AvgIpc) is 2.79. The summed E-state index contributed by atoms with van der Waals surface area (Å²) in [5, 5.41) is 3.23. The van der Waals surface area contributed by atoms with Crippen molar-refractivity contribution in [2.45, 2.75) is 12.5 Å². The fourth-order valence-electron chi connectivity index (χ4n) is 3.28. The van der Waals surface area contributed by atoms with Crippen molar-refractivity contribution in [1.82, 2.24) is 15.0 Å². The molecule has 150 valence electrons. The van der Waals surface area contributed by atoms with E-state index < -0.39 is 0 Å².